The number of amides is 2. The lowest BCUT2D eigenvalue weighted by molar-refractivity contribution is -0.121. The van der Waals surface area contributed by atoms with E-state index in [1.807, 2.05) is 6.07 Å². The molecular weight excluding hydrogens is 630 g/mol. The van der Waals surface area contributed by atoms with Crippen molar-refractivity contribution in [2.75, 3.05) is 11.5 Å². The molecule has 10 heteroatoms. The molecule has 2 heterocycles. The highest BCUT2D eigenvalue weighted by Crippen LogP contribution is 2.40. The van der Waals surface area contributed by atoms with Crippen LogP contribution in [0.5, 0.6) is 0 Å². The summed E-state index contributed by atoms with van der Waals surface area (Å²) in [6, 6.07) is 16.7. The number of rotatable bonds is 7. The van der Waals surface area contributed by atoms with E-state index in [-0.39, 0.29) is 29.1 Å². The molecule has 0 saturated carbocycles. The van der Waals surface area contributed by atoms with Crippen molar-refractivity contribution in [1.29, 1.82) is 5.26 Å². The Hall–Kier alpha value is -3.81. The summed E-state index contributed by atoms with van der Waals surface area (Å²) in [7, 11) is 0. The van der Waals surface area contributed by atoms with Gasteiger partial charge >= 0.3 is 5.97 Å². The first kappa shape index (κ1) is 30.6. The number of halogens is 1. The number of anilines is 1. The zero-order valence-corrected chi connectivity index (χ0v) is 26.5. The van der Waals surface area contributed by atoms with E-state index in [1.165, 1.54) is 24.3 Å². The number of carbonyl (C=O) groups excluding carboxylic acids is 4. The number of hydrogen-bond acceptors (Lipinski definition) is 8. The molecule has 1 fully saturated rings. The molecule has 3 aromatic rings. The van der Waals surface area contributed by atoms with Gasteiger partial charge in [-0.25, -0.2) is 14.7 Å². The van der Waals surface area contributed by atoms with Gasteiger partial charge in [0.25, 0.3) is 0 Å². The first-order valence-electron chi connectivity index (χ1n) is 14.0. The number of aryl methyl sites for hydroxylation is 1. The van der Waals surface area contributed by atoms with Gasteiger partial charge < -0.3 is 4.74 Å². The number of benzene rings is 2. The first-order chi connectivity index (χ1) is 20.4. The van der Waals surface area contributed by atoms with Gasteiger partial charge in [-0.2, -0.15) is 5.26 Å². The number of imide groups is 1. The van der Waals surface area contributed by atoms with E-state index in [0.29, 0.717) is 27.8 Å². The molecule has 5 rings (SSSR count). The van der Waals surface area contributed by atoms with Gasteiger partial charge in [0.1, 0.15) is 11.1 Å². The van der Waals surface area contributed by atoms with E-state index in [4.69, 9.17) is 9.72 Å². The summed E-state index contributed by atoms with van der Waals surface area (Å²) in [6.07, 6.45) is 2.67. The highest BCUT2D eigenvalue weighted by molar-refractivity contribution is 9.10. The maximum atomic E-state index is 13.4. The minimum absolute atomic E-state index is 0.0266. The Balaban J connectivity index is 1.24. The zero-order valence-electron chi connectivity index (χ0n) is 24.1. The van der Waals surface area contributed by atoms with E-state index < -0.39 is 23.7 Å². The molecule has 1 aliphatic carbocycles. The largest absolute Gasteiger partial charge is 0.454 e. The second-order valence-electron chi connectivity index (χ2n) is 11.8. The Morgan fingerprint density at radius 3 is 2.40 bits per heavy atom. The number of ketones is 1. The maximum Gasteiger partial charge on any atom is 0.338 e. The molecule has 0 N–H and O–H groups in total. The molecule has 0 spiro atoms. The highest BCUT2D eigenvalue weighted by Gasteiger charge is 2.41. The molecular formula is C33H30BrN3O5S. The van der Waals surface area contributed by atoms with E-state index in [2.05, 4.69) is 42.8 Å². The SMILES string of the molecule is CC(C)(C)C1CCc2nc(SC3CC(=O)N(c4ccc(C(=O)OCC(=O)c5ccc(Br)cc5)cc4)C3=O)c(C#N)cc2C1. The van der Waals surface area contributed by atoms with Crippen LogP contribution in [0.3, 0.4) is 0 Å². The van der Waals surface area contributed by atoms with Crippen LogP contribution in [0.1, 0.15) is 71.1 Å². The van der Waals surface area contributed by atoms with Crippen LogP contribution in [-0.4, -0.2) is 40.4 Å². The molecule has 1 saturated heterocycles. The highest BCUT2D eigenvalue weighted by atomic mass is 79.9. The number of esters is 1. The van der Waals surface area contributed by atoms with Crippen LogP contribution in [0.4, 0.5) is 5.69 Å². The van der Waals surface area contributed by atoms with Crippen LogP contribution in [0.2, 0.25) is 0 Å². The van der Waals surface area contributed by atoms with Gasteiger partial charge in [0.2, 0.25) is 11.8 Å². The van der Waals surface area contributed by atoms with Crippen LogP contribution < -0.4 is 4.90 Å². The number of pyridine rings is 1. The Morgan fingerprint density at radius 1 is 1.07 bits per heavy atom. The number of thioether (sulfide) groups is 1. The van der Waals surface area contributed by atoms with Crippen LogP contribution in [0.25, 0.3) is 0 Å². The minimum atomic E-state index is -0.717. The van der Waals surface area contributed by atoms with Crippen molar-refractivity contribution in [2.45, 2.75) is 56.7 Å². The third-order valence-electron chi connectivity index (χ3n) is 7.92. The van der Waals surface area contributed by atoms with E-state index >= 15 is 0 Å². The van der Waals surface area contributed by atoms with Gasteiger partial charge in [-0.15, -0.1) is 0 Å². The number of fused-ring (bicyclic) bond motifs is 1. The molecule has 1 aromatic heterocycles. The molecule has 43 heavy (non-hydrogen) atoms. The van der Waals surface area contributed by atoms with Crippen molar-refractivity contribution in [3.8, 4) is 6.07 Å². The number of nitriles is 1. The third-order valence-corrected chi connectivity index (χ3v) is 9.63. The van der Waals surface area contributed by atoms with Crippen LogP contribution >= 0.6 is 27.7 Å². The summed E-state index contributed by atoms with van der Waals surface area (Å²) in [5, 5.41) is 9.61. The number of ether oxygens (including phenoxy) is 1. The topological polar surface area (TPSA) is 117 Å². The second kappa shape index (κ2) is 12.4. The fraction of sp³-hybridized carbons (Fsp3) is 0.333. The van der Waals surface area contributed by atoms with Gasteiger partial charge in [0, 0.05) is 22.2 Å². The molecule has 8 nitrogen and oxygen atoms in total. The Kier molecular flexibility index (Phi) is 8.86. The standard InChI is InChI=1S/C33H30BrN3O5S/c1-33(2,3)23-8-13-26-21(15-23)14-22(17-35)30(36-26)43-28-16-29(39)37(31(28)40)25-11-6-20(7-12-25)32(41)42-18-27(38)19-4-9-24(34)10-5-19/h4-7,9-12,14,23,28H,8,13,15-16,18H2,1-3H3. The molecule has 0 radical (unpaired) electrons. The number of nitrogens with zero attached hydrogens (tertiary/aromatic N) is 3. The summed E-state index contributed by atoms with van der Waals surface area (Å²) in [5.74, 6) is -1.30. The van der Waals surface area contributed by atoms with Crippen LogP contribution in [-0.2, 0) is 27.2 Å². The molecule has 220 valence electrons. The molecule has 2 atom stereocenters. The minimum Gasteiger partial charge on any atom is -0.454 e. The normalized spacial score (nSPS) is 18.3. The van der Waals surface area contributed by atoms with Crippen molar-refractivity contribution in [3.63, 3.8) is 0 Å². The Labute approximate surface area is 262 Å². The number of aromatic nitrogens is 1. The lowest BCUT2D eigenvalue weighted by atomic mass is 9.71. The molecule has 2 amide bonds. The van der Waals surface area contributed by atoms with Crippen molar-refractivity contribution < 1.29 is 23.9 Å². The molecule has 2 unspecified atom stereocenters. The van der Waals surface area contributed by atoms with Gasteiger partial charge in [-0.3, -0.25) is 14.4 Å². The summed E-state index contributed by atoms with van der Waals surface area (Å²) < 4.78 is 6.00. The summed E-state index contributed by atoms with van der Waals surface area (Å²) in [5.41, 5.74) is 3.55. The van der Waals surface area contributed by atoms with Gasteiger partial charge in [-0.05, 0) is 78.6 Å². The summed E-state index contributed by atoms with van der Waals surface area (Å²) >= 11 is 4.46. The van der Waals surface area contributed by atoms with Crippen molar-refractivity contribution >= 4 is 56.9 Å². The lowest BCUT2D eigenvalue weighted by Crippen LogP contribution is -2.31. The predicted octanol–water partition coefficient (Wildman–Crippen LogP) is 6.33. The number of carbonyl (C=O) groups is 4. The van der Waals surface area contributed by atoms with Gasteiger partial charge in [0.05, 0.1) is 22.1 Å². The number of hydrogen-bond donors (Lipinski definition) is 0. The monoisotopic (exact) mass is 659 g/mol. The van der Waals surface area contributed by atoms with E-state index in [9.17, 15) is 24.4 Å². The van der Waals surface area contributed by atoms with Crippen molar-refractivity contribution in [3.05, 3.63) is 87.0 Å². The lowest BCUT2D eigenvalue weighted by Gasteiger charge is -2.34. The fourth-order valence-electron chi connectivity index (χ4n) is 5.34. The van der Waals surface area contributed by atoms with Gasteiger partial charge in [0.15, 0.2) is 12.4 Å². The average molecular weight is 661 g/mol. The first-order valence-corrected chi connectivity index (χ1v) is 15.6. The average Bonchev–Trinajstić information content (AvgIpc) is 3.26. The maximum absolute atomic E-state index is 13.4. The third kappa shape index (κ3) is 6.73. The van der Waals surface area contributed by atoms with Crippen LogP contribution in [0, 0.1) is 22.7 Å². The summed E-state index contributed by atoms with van der Waals surface area (Å²) in [6.45, 7) is 6.28. The Morgan fingerprint density at radius 2 is 1.74 bits per heavy atom. The second-order valence-corrected chi connectivity index (χ2v) is 13.9. The molecule has 2 aliphatic rings. The predicted molar refractivity (Wildman–Crippen MR) is 166 cm³/mol. The van der Waals surface area contributed by atoms with Crippen molar-refractivity contribution in [2.24, 2.45) is 11.3 Å². The smallest absolute Gasteiger partial charge is 0.338 e. The fourth-order valence-corrected chi connectivity index (χ4v) is 6.70. The molecule has 1 aliphatic heterocycles. The summed E-state index contributed by atoms with van der Waals surface area (Å²) in [4.78, 5) is 57.0. The molecule has 0 bridgehead atoms. The van der Waals surface area contributed by atoms with Crippen LogP contribution in [0.15, 0.2) is 64.1 Å². The zero-order chi connectivity index (χ0) is 30.9. The van der Waals surface area contributed by atoms with E-state index in [0.717, 1.165) is 51.7 Å². The Bertz CT molecular complexity index is 1640. The van der Waals surface area contributed by atoms with E-state index in [1.54, 1.807) is 24.3 Å². The van der Waals surface area contributed by atoms with Gasteiger partial charge in [-0.1, -0.05) is 60.6 Å². The molecule has 2 aromatic carbocycles. The number of Topliss-reactive ketones (excluding diaryl/α,β-unsaturated/α-hetero) is 1. The van der Waals surface area contributed by atoms with Crippen molar-refractivity contribution in [1.82, 2.24) is 4.98 Å². The quantitative estimate of drug-likeness (QED) is 0.164.